The van der Waals surface area contributed by atoms with Crippen LogP contribution in [0.2, 0.25) is 0 Å². The number of halogens is 2. The van der Waals surface area contributed by atoms with Gasteiger partial charge in [-0.1, -0.05) is 0 Å². The van der Waals surface area contributed by atoms with E-state index in [-0.39, 0.29) is 24.6 Å². The molecule has 0 aliphatic heterocycles. The summed E-state index contributed by atoms with van der Waals surface area (Å²) in [5.74, 6) is -1.68. The maximum absolute atomic E-state index is 13.8. The van der Waals surface area contributed by atoms with E-state index in [0.29, 0.717) is 5.56 Å². The third-order valence-corrected chi connectivity index (χ3v) is 3.24. The number of hydrogen-bond acceptors (Lipinski definition) is 3. The van der Waals surface area contributed by atoms with Gasteiger partial charge in [-0.15, -0.1) is 0 Å². The Kier molecular flexibility index (Phi) is 5.22. The molecule has 0 saturated carbocycles. The van der Waals surface area contributed by atoms with Crippen LogP contribution < -0.4 is 5.73 Å². The molecule has 1 unspecified atom stereocenters. The SMILES string of the molecule is CCOC(=O)C(C)(C)CC(N)c1cc(C)c(F)cc1F. The zero-order valence-electron chi connectivity index (χ0n) is 12.3. The van der Waals surface area contributed by atoms with Crippen LogP contribution in [0.5, 0.6) is 0 Å². The van der Waals surface area contributed by atoms with Crippen molar-refractivity contribution in [2.24, 2.45) is 11.1 Å². The van der Waals surface area contributed by atoms with Crippen LogP contribution in [0.1, 0.15) is 44.4 Å². The second-order valence-electron chi connectivity index (χ2n) is 5.54. The summed E-state index contributed by atoms with van der Waals surface area (Å²) in [4.78, 5) is 11.8. The first-order valence-corrected chi connectivity index (χ1v) is 6.57. The van der Waals surface area contributed by atoms with Gasteiger partial charge in [0, 0.05) is 17.7 Å². The lowest BCUT2D eigenvalue weighted by Crippen LogP contribution is -2.31. The van der Waals surface area contributed by atoms with Crippen molar-refractivity contribution < 1.29 is 18.3 Å². The molecule has 20 heavy (non-hydrogen) atoms. The van der Waals surface area contributed by atoms with Crippen LogP contribution in [0.4, 0.5) is 8.78 Å². The van der Waals surface area contributed by atoms with E-state index in [0.717, 1.165) is 6.07 Å². The van der Waals surface area contributed by atoms with Crippen LogP contribution in [0.3, 0.4) is 0 Å². The van der Waals surface area contributed by atoms with E-state index in [1.165, 1.54) is 6.07 Å². The molecule has 0 fully saturated rings. The van der Waals surface area contributed by atoms with Crippen LogP contribution in [0.25, 0.3) is 0 Å². The second kappa shape index (κ2) is 6.31. The molecule has 0 aliphatic carbocycles. The highest BCUT2D eigenvalue weighted by Crippen LogP contribution is 2.31. The van der Waals surface area contributed by atoms with Crippen LogP contribution in [0.15, 0.2) is 12.1 Å². The summed E-state index contributed by atoms with van der Waals surface area (Å²) in [5.41, 5.74) is 5.67. The van der Waals surface area contributed by atoms with Gasteiger partial charge in [-0.25, -0.2) is 8.78 Å². The van der Waals surface area contributed by atoms with Crippen molar-refractivity contribution in [3.8, 4) is 0 Å². The molecule has 1 aromatic rings. The van der Waals surface area contributed by atoms with Gasteiger partial charge in [0.05, 0.1) is 12.0 Å². The fraction of sp³-hybridized carbons (Fsp3) is 0.533. The molecule has 0 aliphatic rings. The molecular weight excluding hydrogens is 264 g/mol. The number of nitrogens with two attached hydrogens (primary N) is 1. The van der Waals surface area contributed by atoms with Gasteiger partial charge in [0.15, 0.2) is 0 Å². The van der Waals surface area contributed by atoms with Crippen LogP contribution in [-0.2, 0) is 9.53 Å². The Morgan fingerprint density at radius 2 is 1.95 bits per heavy atom. The largest absolute Gasteiger partial charge is 0.466 e. The predicted octanol–water partition coefficient (Wildman–Crippen LogP) is 3.25. The van der Waals surface area contributed by atoms with Crippen LogP contribution in [0, 0.1) is 24.0 Å². The normalized spacial score (nSPS) is 13.2. The Balaban J connectivity index is 2.94. The molecule has 3 nitrogen and oxygen atoms in total. The first kappa shape index (κ1) is 16.6. The van der Waals surface area contributed by atoms with E-state index in [9.17, 15) is 13.6 Å². The van der Waals surface area contributed by atoms with Gasteiger partial charge in [0.25, 0.3) is 0 Å². The summed E-state index contributed by atoms with van der Waals surface area (Å²) < 4.78 is 32.0. The molecule has 5 heteroatoms. The molecule has 112 valence electrons. The lowest BCUT2D eigenvalue weighted by molar-refractivity contribution is -0.154. The van der Waals surface area contributed by atoms with Gasteiger partial charge in [-0.3, -0.25) is 4.79 Å². The fourth-order valence-electron chi connectivity index (χ4n) is 2.03. The molecule has 1 rings (SSSR count). The first-order chi connectivity index (χ1) is 9.19. The van der Waals surface area contributed by atoms with Crippen molar-refractivity contribution in [1.29, 1.82) is 0 Å². The van der Waals surface area contributed by atoms with Crippen LogP contribution in [-0.4, -0.2) is 12.6 Å². The molecule has 1 atom stereocenters. The van der Waals surface area contributed by atoms with E-state index in [2.05, 4.69) is 0 Å². The Hall–Kier alpha value is -1.49. The number of ether oxygens (including phenoxy) is 1. The van der Waals surface area contributed by atoms with Gasteiger partial charge in [0.2, 0.25) is 0 Å². The predicted molar refractivity (Wildman–Crippen MR) is 73.1 cm³/mol. The zero-order valence-corrected chi connectivity index (χ0v) is 12.3. The maximum atomic E-state index is 13.8. The highest BCUT2D eigenvalue weighted by Gasteiger charge is 2.32. The molecule has 0 bridgehead atoms. The minimum atomic E-state index is -0.829. The molecule has 2 N–H and O–H groups in total. The van der Waals surface area contributed by atoms with E-state index in [1.807, 2.05) is 0 Å². The van der Waals surface area contributed by atoms with Crippen molar-refractivity contribution in [3.63, 3.8) is 0 Å². The summed E-state index contributed by atoms with van der Waals surface area (Å²) in [6, 6.07) is 1.51. The number of hydrogen-bond donors (Lipinski definition) is 1. The summed E-state index contributed by atoms with van der Waals surface area (Å²) in [7, 11) is 0. The number of carbonyl (C=O) groups is 1. The molecule has 0 amide bonds. The molecule has 1 aromatic carbocycles. The van der Waals surface area contributed by atoms with Crippen molar-refractivity contribution in [2.45, 2.75) is 40.2 Å². The molecule has 0 radical (unpaired) electrons. The number of benzene rings is 1. The van der Waals surface area contributed by atoms with E-state index >= 15 is 0 Å². The second-order valence-corrected chi connectivity index (χ2v) is 5.54. The number of carbonyl (C=O) groups excluding carboxylic acids is 1. The smallest absolute Gasteiger partial charge is 0.311 e. The molecule has 0 aromatic heterocycles. The average Bonchev–Trinajstić information content (AvgIpc) is 2.33. The van der Waals surface area contributed by atoms with Crippen molar-refractivity contribution in [3.05, 3.63) is 34.9 Å². The standard InChI is InChI=1S/C15H21F2NO2/c1-5-20-14(19)15(3,4)8-13(18)10-6-9(2)11(16)7-12(10)17/h6-7,13H,5,8,18H2,1-4H3. The summed E-state index contributed by atoms with van der Waals surface area (Å²) in [5, 5.41) is 0. The highest BCUT2D eigenvalue weighted by molar-refractivity contribution is 5.76. The Labute approximate surface area is 118 Å². The number of aryl methyl sites for hydroxylation is 1. The average molecular weight is 285 g/mol. The zero-order chi connectivity index (χ0) is 15.5. The fourth-order valence-corrected chi connectivity index (χ4v) is 2.03. The Bertz CT molecular complexity index is 501. The highest BCUT2D eigenvalue weighted by atomic mass is 19.1. The first-order valence-electron chi connectivity index (χ1n) is 6.57. The summed E-state index contributed by atoms with van der Waals surface area (Å²) >= 11 is 0. The quantitative estimate of drug-likeness (QED) is 0.845. The topological polar surface area (TPSA) is 52.3 Å². The minimum Gasteiger partial charge on any atom is -0.466 e. The van der Waals surface area contributed by atoms with E-state index in [4.69, 9.17) is 10.5 Å². The lowest BCUT2D eigenvalue weighted by atomic mass is 9.83. The molecule has 0 spiro atoms. The maximum Gasteiger partial charge on any atom is 0.311 e. The van der Waals surface area contributed by atoms with Gasteiger partial charge < -0.3 is 10.5 Å². The third-order valence-electron chi connectivity index (χ3n) is 3.24. The number of esters is 1. The Morgan fingerprint density at radius 1 is 1.35 bits per heavy atom. The van der Waals surface area contributed by atoms with Crippen molar-refractivity contribution in [2.75, 3.05) is 6.61 Å². The van der Waals surface area contributed by atoms with Gasteiger partial charge in [-0.05, 0) is 45.7 Å². The van der Waals surface area contributed by atoms with Gasteiger partial charge in [-0.2, -0.15) is 0 Å². The molecule has 0 saturated heterocycles. The van der Waals surface area contributed by atoms with Crippen LogP contribution >= 0.6 is 0 Å². The monoisotopic (exact) mass is 285 g/mol. The van der Waals surface area contributed by atoms with E-state index < -0.39 is 23.1 Å². The summed E-state index contributed by atoms with van der Waals surface area (Å²) in [6.07, 6.45) is 0.216. The van der Waals surface area contributed by atoms with Crippen molar-refractivity contribution >= 4 is 5.97 Å². The number of rotatable bonds is 5. The third kappa shape index (κ3) is 3.76. The van der Waals surface area contributed by atoms with Gasteiger partial charge in [0.1, 0.15) is 11.6 Å². The molecule has 0 heterocycles. The minimum absolute atomic E-state index is 0.210. The van der Waals surface area contributed by atoms with Crippen molar-refractivity contribution in [1.82, 2.24) is 0 Å². The van der Waals surface area contributed by atoms with Gasteiger partial charge >= 0.3 is 5.97 Å². The Morgan fingerprint density at radius 3 is 2.50 bits per heavy atom. The lowest BCUT2D eigenvalue weighted by Gasteiger charge is -2.26. The van der Waals surface area contributed by atoms with E-state index in [1.54, 1.807) is 27.7 Å². The summed E-state index contributed by atoms with van der Waals surface area (Å²) in [6.45, 7) is 6.93. The molecular formula is C15H21F2NO2.